The standard InChI is InChI=1S/C33H37F3N4O4/c1-4-26(37)31(42)38-27(18(2)3)33(44)40-17-25(19-5-11-22(34)12-6-19)30(41)29(40)32(43)39-28(20-7-13-23(35)14-8-20)21-9-15-24(36)16-10-21/h5-16,18,25-30,41H,4,17,37H2,1-3H3,(H,38,42)(H,39,43)/t25?,26-,27-,29-,30+/m0/s1. The Morgan fingerprint density at radius 1 is 0.864 bits per heavy atom. The zero-order valence-electron chi connectivity index (χ0n) is 24.7. The summed E-state index contributed by atoms with van der Waals surface area (Å²) in [6.07, 6.45) is -1.06. The first kappa shape index (κ1) is 32.7. The van der Waals surface area contributed by atoms with E-state index in [-0.39, 0.29) is 6.54 Å². The molecule has 1 unspecified atom stereocenters. The highest BCUT2D eigenvalue weighted by molar-refractivity contribution is 5.94. The average molecular weight is 611 g/mol. The Morgan fingerprint density at radius 2 is 1.34 bits per heavy atom. The highest BCUT2D eigenvalue weighted by atomic mass is 19.1. The van der Waals surface area contributed by atoms with E-state index in [1.54, 1.807) is 20.8 Å². The fraction of sp³-hybridized carbons (Fsp3) is 0.364. The molecule has 1 aliphatic rings. The molecule has 0 spiro atoms. The molecule has 5 N–H and O–H groups in total. The van der Waals surface area contributed by atoms with Crippen LogP contribution in [0.2, 0.25) is 0 Å². The lowest BCUT2D eigenvalue weighted by molar-refractivity contribution is -0.144. The van der Waals surface area contributed by atoms with Gasteiger partial charge in [0, 0.05) is 12.5 Å². The first-order valence-electron chi connectivity index (χ1n) is 14.5. The number of aliphatic hydroxyl groups is 1. The van der Waals surface area contributed by atoms with E-state index in [1.807, 2.05) is 0 Å². The summed E-state index contributed by atoms with van der Waals surface area (Å²) in [5, 5.41) is 17.1. The topological polar surface area (TPSA) is 125 Å². The van der Waals surface area contributed by atoms with Gasteiger partial charge in [-0.3, -0.25) is 14.4 Å². The van der Waals surface area contributed by atoms with Gasteiger partial charge in [-0.15, -0.1) is 0 Å². The number of carbonyl (C=O) groups excluding carboxylic acids is 3. The molecule has 1 heterocycles. The minimum absolute atomic E-state index is 0.0968. The Hall–Kier alpha value is -4.22. The van der Waals surface area contributed by atoms with Gasteiger partial charge < -0.3 is 26.4 Å². The monoisotopic (exact) mass is 610 g/mol. The van der Waals surface area contributed by atoms with Crippen molar-refractivity contribution in [2.24, 2.45) is 11.7 Å². The van der Waals surface area contributed by atoms with Crippen molar-refractivity contribution in [1.29, 1.82) is 0 Å². The van der Waals surface area contributed by atoms with Gasteiger partial charge in [-0.1, -0.05) is 57.2 Å². The molecule has 3 aromatic rings. The van der Waals surface area contributed by atoms with Crippen molar-refractivity contribution in [2.75, 3.05) is 6.54 Å². The van der Waals surface area contributed by atoms with Gasteiger partial charge in [-0.05, 0) is 65.4 Å². The van der Waals surface area contributed by atoms with Crippen LogP contribution >= 0.6 is 0 Å². The normalized spacial score (nSPS) is 19.6. The predicted molar refractivity (Wildman–Crippen MR) is 158 cm³/mol. The largest absolute Gasteiger partial charge is 0.390 e. The van der Waals surface area contributed by atoms with Gasteiger partial charge in [0.05, 0.1) is 18.2 Å². The van der Waals surface area contributed by atoms with Gasteiger partial charge in [-0.25, -0.2) is 13.2 Å². The summed E-state index contributed by atoms with van der Waals surface area (Å²) in [4.78, 5) is 42.1. The zero-order chi connectivity index (χ0) is 32.1. The fourth-order valence-corrected chi connectivity index (χ4v) is 5.41. The van der Waals surface area contributed by atoms with Gasteiger partial charge in [0.1, 0.15) is 29.5 Å². The lowest BCUT2D eigenvalue weighted by Crippen LogP contribution is -2.58. The summed E-state index contributed by atoms with van der Waals surface area (Å²) in [5.41, 5.74) is 7.36. The average Bonchev–Trinajstić information content (AvgIpc) is 3.35. The molecule has 8 nitrogen and oxygen atoms in total. The van der Waals surface area contributed by atoms with Crippen LogP contribution in [0.3, 0.4) is 0 Å². The number of carbonyl (C=O) groups is 3. The summed E-state index contributed by atoms with van der Waals surface area (Å²) in [6.45, 7) is 5.11. The van der Waals surface area contributed by atoms with Crippen molar-refractivity contribution in [2.45, 2.75) is 63.4 Å². The van der Waals surface area contributed by atoms with Crippen LogP contribution in [0.25, 0.3) is 0 Å². The van der Waals surface area contributed by atoms with Crippen LogP contribution in [-0.4, -0.2) is 58.5 Å². The molecule has 5 atom stereocenters. The number of nitrogens with zero attached hydrogens (tertiary/aromatic N) is 1. The Labute approximate surface area is 254 Å². The molecule has 1 aliphatic heterocycles. The molecule has 44 heavy (non-hydrogen) atoms. The van der Waals surface area contributed by atoms with Crippen LogP contribution in [0, 0.1) is 23.4 Å². The number of rotatable bonds is 10. The third-order valence-electron chi connectivity index (χ3n) is 8.02. The molecule has 0 radical (unpaired) electrons. The number of nitrogens with two attached hydrogens (primary N) is 1. The molecule has 3 aromatic carbocycles. The van der Waals surface area contributed by atoms with Crippen LogP contribution in [0.5, 0.6) is 0 Å². The maximum Gasteiger partial charge on any atom is 0.246 e. The summed E-state index contributed by atoms with van der Waals surface area (Å²) >= 11 is 0. The third-order valence-corrected chi connectivity index (χ3v) is 8.02. The van der Waals surface area contributed by atoms with Crippen LogP contribution in [0.15, 0.2) is 72.8 Å². The molecule has 11 heteroatoms. The molecule has 234 valence electrons. The Bertz CT molecular complexity index is 1410. The van der Waals surface area contributed by atoms with Crippen molar-refractivity contribution >= 4 is 17.7 Å². The van der Waals surface area contributed by atoms with Crippen molar-refractivity contribution < 1.29 is 32.7 Å². The molecule has 0 saturated carbocycles. The molecule has 1 fully saturated rings. The van der Waals surface area contributed by atoms with Crippen LogP contribution in [0.1, 0.15) is 55.8 Å². The van der Waals surface area contributed by atoms with Crippen molar-refractivity contribution in [1.82, 2.24) is 15.5 Å². The fourth-order valence-electron chi connectivity index (χ4n) is 5.41. The summed E-state index contributed by atoms with van der Waals surface area (Å²) in [7, 11) is 0. The first-order chi connectivity index (χ1) is 20.9. The molecule has 0 bridgehead atoms. The lowest BCUT2D eigenvalue weighted by atomic mass is 9.92. The quantitative estimate of drug-likeness (QED) is 0.280. The van der Waals surface area contributed by atoms with Crippen LogP contribution < -0.4 is 16.4 Å². The maximum absolute atomic E-state index is 14.1. The van der Waals surface area contributed by atoms with Crippen LogP contribution in [-0.2, 0) is 14.4 Å². The molecule has 3 amide bonds. The second-order valence-corrected chi connectivity index (χ2v) is 11.4. The van der Waals surface area contributed by atoms with E-state index in [0.29, 0.717) is 23.1 Å². The summed E-state index contributed by atoms with van der Waals surface area (Å²) in [6, 6.07) is 12.0. The number of benzene rings is 3. The van der Waals surface area contributed by atoms with E-state index in [2.05, 4.69) is 10.6 Å². The highest BCUT2D eigenvalue weighted by Crippen LogP contribution is 2.34. The van der Waals surface area contributed by atoms with Crippen LogP contribution in [0.4, 0.5) is 13.2 Å². The van der Waals surface area contributed by atoms with Gasteiger partial charge in [0.15, 0.2) is 0 Å². The van der Waals surface area contributed by atoms with Gasteiger partial charge in [-0.2, -0.15) is 0 Å². The number of nitrogens with one attached hydrogen (secondary N) is 2. The van der Waals surface area contributed by atoms with E-state index < -0.39 is 77.3 Å². The van der Waals surface area contributed by atoms with E-state index in [4.69, 9.17) is 5.73 Å². The van der Waals surface area contributed by atoms with Crippen molar-refractivity contribution in [3.8, 4) is 0 Å². The first-order valence-corrected chi connectivity index (χ1v) is 14.5. The maximum atomic E-state index is 14.1. The third kappa shape index (κ3) is 7.28. The molecule has 0 aromatic heterocycles. The minimum atomic E-state index is -1.42. The number of amides is 3. The second kappa shape index (κ2) is 14.0. The zero-order valence-corrected chi connectivity index (χ0v) is 24.7. The number of hydrogen-bond donors (Lipinski definition) is 4. The van der Waals surface area contributed by atoms with Gasteiger partial charge >= 0.3 is 0 Å². The van der Waals surface area contributed by atoms with E-state index in [1.165, 1.54) is 77.7 Å². The van der Waals surface area contributed by atoms with E-state index in [9.17, 15) is 32.7 Å². The van der Waals surface area contributed by atoms with E-state index in [0.717, 1.165) is 0 Å². The molecular weight excluding hydrogens is 573 g/mol. The number of hydrogen-bond acceptors (Lipinski definition) is 5. The van der Waals surface area contributed by atoms with E-state index >= 15 is 0 Å². The van der Waals surface area contributed by atoms with Gasteiger partial charge in [0.25, 0.3) is 0 Å². The molecule has 1 saturated heterocycles. The second-order valence-electron chi connectivity index (χ2n) is 11.4. The number of aliphatic hydroxyl groups excluding tert-OH is 1. The predicted octanol–water partition coefficient (Wildman–Crippen LogP) is 3.54. The lowest BCUT2D eigenvalue weighted by Gasteiger charge is -2.32. The number of halogens is 3. The summed E-state index contributed by atoms with van der Waals surface area (Å²) < 4.78 is 41.2. The van der Waals surface area contributed by atoms with Gasteiger partial charge in [0.2, 0.25) is 17.7 Å². The van der Waals surface area contributed by atoms with Crippen molar-refractivity contribution in [3.63, 3.8) is 0 Å². The SMILES string of the molecule is CC[C@H](N)C(=O)N[C@H](C(=O)N1CC(c2ccc(F)cc2)[C@@H](O)[C@H]1C(=O)NC(c1ccc(F)cc1)c1ccc(F)cc1)C(C)C. The molecule has 0 aliphatic carbocycles. The minimum Gasteiger partial charge on any atom is -0.390 e. The molecule has 4 rings (SSSR count). The Balaban J connectivity index is 1.72. The highest BCUT2D eigenvalue weighted by Gasteiger charge is 2.49. The molecular formula is C33H37F3N4O4. The van der Waals surface area contributed by atoms with Crippen molar-refractivity contribution in [3.05, 3.63) is 107 Å². The summed E-state index contributed by atoms with van der Waals surface area (Å²) in [5.74, 6) is -4.48. The smallest absolute Gasteiger partial charge is 0.246 e. The number of likely N-dealkylation sites (tertiary alicyclic amines) is 1. The Morgan fingerprint density at radius 3 is 1.80 bits per heavy atom. The Kier molecular flexibility index (Phi) is 10.4.